The zero-order valence-electron chi connectivity index (χ0n) is 11.2. The second-order valence-electron chi connectivity index (χ2n) is 4.80. The van der Waals surface area contributed by atoms with Gasteiger partial charge in [-0.3, -0.25) is 0 Å². The number of fused-ring (bicyclic) bond motifs is 1. The predicted octanol–water partition coefficient (Wildman–Crippen LogP) is 3.72. The van der Waals surface area contributed by atoms with Gasteiger partial charge in [-0.2, -0.15) is 0 Å². The molecular weight excluding hydrogens is 295 g/mol. The predicted molar refractivity (Wildman–Crippen MR) is 77.5 cm³/mol. The molecule has 3 rings (SSSR count). The van der Waals surface area contributed by atoms with Gasteiger partial charge in [0.05, 0.1) is 18.2 Å². The molecule has 21 heavy (non-hydrogen) atoms. The van der Waals surface area contributed by atoms with Crippen molar-refractivity contribution in [1.82, 2.24) is 0 Å². The van der Waals surface area contributed by atoms with Crippen LogP contribution in [-0.4, -0.2) is 18.3 Å². The first-order chi connectivity index (χ1) is 10.2. The van der Waals surface area contributed by atoms with Gasteiger partial charge in [-0.1, -0.05) is 29.8 Å². The van der Waals surface area contributed by atoms with Crippen molar-refractivity contribution in [2.75, 3.05) is 13.2 Å². The molecule has 110 valence electrons. The van der Waals surface area contributed by atoms with Gasteiger partial charge in [0.25, 0.3) is 0 Å². The average Bonchev–Trinajstić information content (AvgIpc) is 2.72. The van der Waals surface area contributed by atoms with Crippen molar-refractivity contribution in [3.63, 3.8) is 0 Å². The van der Waals surface area contributed by atoms with E-state index in [0.717, 1.165) is 6.42 Å². The Morgan fingerprint density at radius 1 is 1.14 bits per heavy atom. The highest BCUT2D eigenvalue weighted by molar-refractivity contribution is 6.32. The maximum absolute atomic E-state index is 13.8. The van der Waals surface area contributed by atoms with Crippen molar-refractivity contribution in [1.29, 1.82) is 0 Å². The standard InChI is InChI=1S/C16H14ClFO3/c17-12-8-10(9-14-16(12)21-7-3-6-20-14)15(19)11-4-1-2-5-13(11)18/h1-2,4-5,8-9,15,19H,3,6-7H2. The highest BCUT2D eigenvalue weighted by Gasteiger charge is 2.21. The lowest BCUT2D eigenvalue weighted by atomic mass is 10.0. The van der Waals surface area contributed by atoms with Gasteiger partial charge >= 0.3 is 0 Å². The quantitative estimate of drug-likeness (QED) is 0.919. The molecule has 0 saturated heterocycles. The van der Waals surface area contributed by atoms with E-state index in [1.54, 1.807) is 24.3 Å². The van der Waals surface area contributed by atoms with Crippen molar-refractivity contribution in [2.45, 2.75) is 12.5 Å². The topological polar surface area (TPSA) is 38.7 Å². The molecule has 1 N–H and O–H groups in total. The van der Waals surface area contributed by atoms with Gasteiger partial charge in [0, 0.05) is 12.0 Å². The minimum Gasteiger partial charge on any atom is -0.489 e. The number of halogens is 2. The van der Waals surface area contributed by atoms with E-state index in [1.807, 2.05) is 0 Å². The summed E-state index contributed by atoms with van der Waals surface area (Å²) in [5.41, 5.74) is 0.664. The van der Waals surface area contributed by atoms with Gasteiger partial charge in [0.15, 0.2) is 11.5 Å². The lowest BCUT2D eigenvalue weighted by molar-refractivity contribution is 0.214. The van der Waals surface area contributed by atoms with E-state index in [1.165, 1.54) is 12.1 Å². The van der Waals surface area contributed by atoms with Crippen LogP contribution in [0.1, 0.15) is 23.7 Å². The summed E-state index contributed by atoms with van der Waals surface area (Å²) in [6.07, 6.45) is -0.350. The minimum atomic E-state index is -1.11. The number of rotatable bonds is 2. The molecule has 0 radical (unpaired) electrons. The molecule has 3 nitrogen and oxygen atoms in total. The third-order valence-electron chi connectivity index (χ3n) is 3.34. The Hall–Kier alpha value is -1.78. The Morgan fingerprint density at radius 3 is 2.71 bits per heavy atom. The zero-order chi connectivity index (χ0) is 14.8. The summed E-state index contributed by atoms with van der Waals surface area (Å²) in [4.78, 5) is 0. The van der Waals surface area contributed by atoms with Crippen LogP contribution in [-0.2, 0) is 0 Å². The summed E-state index contributed by atoms with van der Waals surface area (Å²) in [5, 5.41) is 10.7. The van der Waals surface area contributed by atoms with Crippen molar-refractivity contribution in [2.24, 2.45) is 0 Å². The smallest absolute Gasteiger partial charge is 0.179 e. The van der Waals surface area contributed by atoms with Crippen LogP contribution < -0.4 is 9.47 Å². The van der Waals surface area contributed by atoms with Crippen LogP contribution in [0.5, 0.6) is 11.5 Å². The monoisotopic (exact) mass is 308 g/mol. The van der Waals surface area contributed by atoms with Crippen LogP contribution in [0.3, 0.4) is 0 Å². The van der Waals surface area contributed by atoms with Crippen molar-refractivity contribution >= 4 is 11.6 Å². The third kappa shape index (κ3) is 2.82. The normalized spacial score (nSPS) is 15.4. The molecule has 0 saturated carbocycles. The Bertz CT molecular complexity index is 660. The maximum atomic E-state index is 13.8. The minimum absolute atomic E-state index is 0.197. The zero-order valence-corrected chi connectivity index (χ0v) is 11.9. The van der Waals surface area contributed by atoms with Crippen LogP contribution in [0, 0.1) is 5.82 Å². The molecular formula is C16H14ClFO3. The molecule has 2 aromatic carbocycles. The van der Waals surface area contributed by atoms with Crippen LogP contribution in [0.2, 0.25) is 5.02 Å². The van der Waals surface area contributed by atoms with E-state index in [-0.39, 0.29) is 5.56 Å². The second kappa shape index (κ2) is 5.92. The summed E-state index contributed by atoms with van der Waals surface area (Å²) in [7, 11) is 0. The first-order valence-electron chi connectivity index (χ1n) is 6.68. The fraction of sp³-hybridized carbons (Fsp3) is 0.250. The molecule has 1 heterocycles. The highest BCUT2D eigenvalue weighted by atomic mass is 35.5. The van der Waals surface area contributed by atoms with Crippen LogP contribution in [0.4, 0.5) is 4.39 Å². The Balaban J connectivity index is 2.01. The molecule has 0 fully saturated rings. The van der Waals surface area contributed by atoms with Gasteiger partial charge in [-0.05, 0) is 23.8 Å². The highest BCUT2D eigenvalue weighted by Crippen LogP contribution is 2.40. The molecule has 0 bridgehead atoms. The van der Waals surface area contributed by atoms with E-state index in [0.29, 0.717) is 35.3 Å². The van der Waals surface area contributed by atoms with E-state index >= 15 is 0 Å². The first kappa shape index (κ1) is 14.2. The van der Waals surface area contributed by atoms with Crippen molar-refractivity contribution < 1.29 is 19.0 Å². The number of hydrogen-bond acceptors (Lipinski definition) is 3. The molecule has 0 amide bonds. The Morgan fingerprint density at radius 2 is 1.90 bits per heavy atom. The average molecular weight is 309 g/mol. The molecule has 0 spiro atoms. The summed E-state index contributed by atoms with van der Waals surface area (Å²) in [6, 6.07) is 9.31. The Kier molecular flexibility index (Phi) is 3.99. The van der Waals surface area contributed by atoms with Gasteiger partial charge in [0.1, 0.15) is 11.9 Å². The maximum Gasteiger partial charge on any atom is 0.179 e. The molecule has 0 aliphatic carbocycles. The molecule has 1 aliphatic heterocycles. The van der Waals surface area contributed by atoms with Gasteiger partial charge in [-0.25, -0.2) is 4.39 Å². The number of hydrogen-bond donors (Lipinski definition) is 1. The van der Waals surface area contributed by atoms with Crippen LogP contribution >= 0.6 is 11.6 Å². The molecule has 1 aliphatic rings. The molecule has 1 unspecified atom stereocenters. The number of ether oxygens (including phenoxy) is 2. The molecule has 1 atom stereocenters. The summed E-state index contributed by atoms with van der Waals surface area (Å²) in [6.45, 7) is 1.05. The first-order valence-corrected chi connectivity index (χ1v) is 7.06. The van der Waals surface area contributed by atoms with E-state index in [9.17, 15) is 9.50 Å². The van der Waals surface area contributed by atoms with Crippen LogP contribution in [0.15, 0.2) is 36.4 Å². The van der Waals surface area contributed by atoms with Crippen LogP contribution in [0.25, 0.3) is 0 Å². The van der Waals surface area contributed by atoms with E-state index in [2.05, 4.69) is 0 Å². The molecule has 0 aromatic heterocycles. The lowest BCUT2D eigenvalue weighted by Gasteiger charge is -2.16. The lowest BCUT2D eigenvalue weighted by Crippen LogP contribution is -2.03. The number of aliphatic hydroxyl groups is 1. The molecule has 5 heteroatoms. The van der Waals surface area contributed by atoms with E-state index < -0.39 is 11.9 Å². The number of benzene rings is 2. The molecule has 2 aromatic rings. The second-order valence-corrected chi connectivity index (χ2v) is 5.21. The fourth-order valence-corrected chi connectivity index (χ4v) is 2.56. The van der Waals surface area contributed by atoms with Crippen molar-refractivity contribution in [3.05, 3.63) is 58.4 Å². The number of aliphatic hydroxyl groups excluding tert-OH is 1. The SMILES string of the molecule is OC(c1cc(Cl)c2c(c1)OCCCO2)c1ccccc1F. The van der Waals surface area contributed by atoms with Gasteiger partial charge in [-0.15, -0.1) is 0 Å². The third-order valence-corrected chi connectivity index (χ3v) is 3.62. The largest absolute Gasteiger partial charge is 0.489 e. The fourth-order valence-electron chi connectivity index (χ4n) is 2.29. The summed E-state index contributed by atoms with van der Waals surface area (Å²) >= 11 is 6.18. The van der Waals surface area contributed by atoms with Crippen molar-refractivity contribution in [3.8, 4) is 11.5 Å². The van der Waals surface area contributed by atoms with E-state index in [4.69, 9.17) is 21.1 Å². The summed E-state index contributed by atoms with van der Waals surface area (Å²) < 4.78 is 24.9. The Labute approximate surface area is 126 Å². The van der Waals surface area contributed by atoms with Gasteiger partial charge < -0.3 is 14.6 Å². The summed E-state index contributed by atoms with van der Waals surface area (Å²) in [5.74, 6) is 0.484. The van der Waals surface area contributed by atoms with Gasteiger partial charge in [0.2, 0.25) is 0 Å².